The van der Waals surface area contributed by atoms with E-state index < -0.39 is 63.3 Å². The van der Waals surface area contributed by atoms with Crippen LogP contribution in [0.15, 0.2) is 79.4 Å². The summed E-state index contributed by atoms with van der Waals surface area (Å²) in [6, 6.07) is 12.1. The van der Waals surface area contributed by atoms with Crippen LogP contribution in [0.25, 0.3) is 16.5 Å². The van der Waals surface area contributed by atoms with Gasteiger partial charge in [0.25, 0.3) is 25.8 Å². The van der Waals surface area contributed by atoms with E-state index in [4.69, 9.17) is 4.55 Å². The number of rotatable bonds is 13. The third-order valence-corrected chi connectivity index (χ3v) is 10.8. The fraction of sp³-hybridized carbons (Fsp3) is 0.240. The summed E-state index contributed by atoms with van der Waals surface area (Å²) in [5.74, 6) is -1.06. The number of fused-ring (bicyclic) bond motifs is 1. The maximum atomic E-state index is 13.2. The average molecular weight is 719 g/mol. The Bertz CT molecular complexity index is 2330. The molecule has 0 aliphatic heterocycles. The van der Waals surface area contributed by atoms with Gasteiger partial charge in [-0.3, -0.25) is 23.2 Å². The molecule has 0 spiro atoms. The van der Waals surface area contributed by atoms with E-state index in [1.54, 1.807) is 6.07 Å². The number of nitrogens with one attached hydrogen (secondary N) is 1. The van der Waals surface area contributed by atoms with Gasteiger partial charge in [0, 0.05) is 5.39 Å². The minimum atomic E-state index is -4.86. The summed E-state index contributed by atoms with van der Waals surface area (Å²) in [4.78, 5) is 12.4. The maximum absolute atomic E-state index is 13.2. The van der Waals surface area contributed by atoms with Crippen LogP contribution in [0.1, 0.15) is 11.3 Å². The molecule has 3 N–H and O–H groups in total. The van der Waals surface area contributed by atoms with Crippen molar-refractivity contribution in [3.63, 3.8) is 0 Å². The van der Waals surface area contributed by atoms with Gasteiger partial charge in [0.15, 0.2) is 15.5 Å². The number of hydrogen-bond donors (Lipinski definition) is 3. The van der Waals surface area contributed by atoms with Crippen molar-refractivity contribution in [3.8, 4) is 5.69 Å². The molecule has 0 aliphatic rings. The molecule has 21 heteroatoms. The van der Waals surface area contributed by atoms with Gasteiger partial charge in [0.05, 0.1) is 41.5 Å². The molecule has 0 amide bonds. The smallest absolute Gasteiger partial charge is 0.293 e. The Kier molecular flexibility index (Phi) is 9.99. The number of H-pyrrole nitrogens is 1. The minimum absolute atomic E-state index is 0.0695. The van der Waals surface area contributed by atoms with Crippen LogP contribution in [-0.2, 0) is 55.3 Å². The van der Waals surface area contributed by atoms with Crippen molar-refractivity contribution in [1.29, 1.82) is 0 Å². The predicted molar refractivity (Wildman–Crippen MR) is 163 cm³/mol. The van der Waals surface area contributed by atoms with Gasteiger partial charge in [0.1, 0.15) is 10.6 Å². The molecule has 1 heterocycles. The number of hydrogen-bond acceptors (Lipinski definition) is 13. The first kappa shape index (κ1) is 35.0. The monoisotopic (exact) mass is 718 g/mol. The van der Waals surface area contributed by atoms with Crippen LogP contribution in [0.2, 0.25) is 0 Å². The molecule has 4 rings (SSSR count). The molecule has 17 nitrogen and oxygen atoms in total. The van der Waals surface area contributed by atoms with Gasteiger partial charge in [-0.25, -0.2) is 17.3 Å². The van der Waals surface area contributed by atoms with Crippen molar-refractivity contribution >= 4 is 62.6 Å². The molecule has 4 aromatic rings. The first-order valence-corrected chi connectivity index (χ1v) is 18.8. The van der Waals surface area contributed by atoms with Crippen LogP contribution in [0.5, 0.6) is 0 Å². The first-order chi connectivity index (χ1) is 21.3. The highest BCUT2D eigenvalue weighted by Gasteiger charge is 2.22. The molecule has 0 fully saturated rings. The summed E-state index contributed by atoms with van der Waals surface area (Å²) in [6.07, 6.45) is 0.0817. The van der Waals surface area contributed by atoms with Gasteiger partial charge in [0.2, 0.25) is 0 Å². The molecule has 3 aromatic carbocycles. The van der Waals surface area contributed by atoms with Crippen molar-refractivity contribution in [3.05, 3.63) is 76.2 Å². The lowest BCUT2D eigenvalue weighted by Gasteiger charge is -2.09. The van der Waals surface area contributed by atoms with Crippen LogP contribution < -0.4 is 5.56 Å². The van der Waals surface area contributed by atoms with Gasteiger partial charge in [-0.05, 0) is 54.6 Å². The maximum Gasteiger partial charge on any atom is 0.397 e. The van der Waals surface area contributed by atoms with Crippen molar-refractivity contribution in [1.82, 2.24) is 9.78 Å². The summed E-state index contributed by atoms with van der Waals surface area (Å²) in [6.45, 7) is 0.668. The quantitative estimate of drug-likeness (QED) is 0.102. The lowest BCUT2D eigenvalue weighted by molar-refractivity contribution is 0.284. The van der Waals surface area contributed by atoms with E-state index in [2.05, 4.69) is 23.7 Å². The zero-order valence-electron chi connectivity index (χ0n) is 23.9. The van der Waals surface area contributed by atoms with E-state index >= 15 is 0 Å². The molecule has 0 saturated carbocycles. The summed E-state index contributed by atoms with van der Waals surface area (Å²) in [5, 5.41) is 11.0. The molecule has 0 saturated heterocycles. The molecular formula is C25H26N4O13S4. The summed E-state index contributed by atoms with van der Waals surface area (Å²) in [5.41, 5.74) is -0.301. The van der Waals surface area contributed by atoms with Crippen molar-refractivity contribution in [2.45, 2.75) is 23.1 Å². The topological polar surface area (TPSA) is 258 Å². The molecule has 248 valence electrons. The van der Waals surface area contributed by atoms with Crippen LogP contribution in [0.4, 0.5) is 11.4 Å². The first-order valence-electron chi connectivity index (χ1n) is 12.8. The second kappa shape index (κ2) is 13.1. The number of sulfone groups is 1. The van der Waals surface area contributed by atoms with E-state index in [1.165, 1.54) is 43.3 Å². The average Bonchev–Trinajstić information content (AvgIpc) is 3.25. The highest BCUT2D eigenvalue weighted by molar-refractivity contribution is 7.91. The van der Waals surface area contributed by atoms with E-state index in [0.29, 0.717) is 10.9 Å². The lowest BCUT2D eigenvalue weighted by Crippen LogP contribution is -2.16. The van der Waals surface area contributed by atoms with Crippen molar-refractivity contribution in [2.24, 2.45) is 10.2 Å². The largest absolute Gasteiger partial charge is 0.397 e. The molecule has 0 aliphatic carbocycles. The summed E-state index contributed by atoms with van der Waals surface area (Å²) in [7, 11) is -16.4. The Labute approximate surface area is 263 Å². The van der Waals surface area contributed by atoms with Crippen LogP contribution in [-0.4, -0.2) is 77.8 Å². The zero-order chi connectivity index (χ0) is 34.1. The minimum Gasteiger partial charge on any atom is -0.293 e. The Morgan fingerprint density at radius 3 is 2.15 bits per heavy atom. The van der Waals surface area contributed by atoms with Gasteiger partial charge in [-0.15, -0.1) is 10.2 Å². The summed E-state index contributed by atoms with van der Waals surface area (Å²) < 4.78 is 122. The predicted octanol–water partition coefficient (Wildman–Crippen LogP) is 2.40. The SMILES string of the molecule is COS(=O)(=O)CCc1ccc2c(S(=O)(=O)O)c(N=Nc3c(C)[nH]n(-c4ccc(S(=O)(=O)CCOS(=O)(=O)O)cc4)c3=O)ccc2c1. The molecule has 0 bridgehead atoms. The fourth-order valence-corrected chi connectivity index (χ4v) is 7.26. The van der Waals surface area contributed by atoms with E-state index in [9.17, 15) is 43.0 Å². The zero-order valence-corrected chi connectivity index (χ0v) is 27.2. The Balaban J connectivity index is 1.63. The van der Waals surface area contributed by atoms with Gasteiger partial charge in [-0.1, -0.05) is 24.3 Å². The molecular weight excluding hydrogens is 693 g/mol. The van der Waals surface area contributed by atoms with Gasteiger partial charge < -0.3 is 0 Å². The number of nitrogens with zero attached hydrogens (tertiary/aromatic N) is 3. The fourth-order valence-electron chi connectivity index (χ4n) is 4.28. The third-order valence-electron chi connectivity index (χ3n) is 6.50. The standard InChI is InChI=1S/C25H26N4O13S4/c1-16-23(25(30)29(28-16)19-5-7-20(8-6-19)43(31,32)14-12-42-46(38,39)40)27-26-22-10-4-18-15-17(11-13-44(33,34)41-2)3-9-21(18)24(22)45(35,36)37/h3-10,15,28H,11-14H2,1-2H3,(H,35,36,37)(H,38,39,40). The van der Waals surface area contributed by atoms with Crippen molar-refractivity contribution in [2.75, 3.05) is 25.2 Å². The highest BCUT2D eigenvalue weighted by atomic mass is 32.3. The number of aryl methyl sites for hydroxylation is 2. The molecule has 1 aromatic heterocycles. The van der Waals surface area contributed by atoms with E-state index in [0.717, 1.165) is 23.9 Å². The van der Waals surface area contributed by atoms with Crippen LogP contribution in [0.3, 0.4) is 0 Å². The van der Waals surface area contributed by atoms with Crippen LogP contribution in [0, 0.1) is 6.92 Å². The van der Waals surface area contributed by atoms with E-state index in [1.807, 2.05) is 0 Å². The number of aromatic nitrogens is 2. The lowest BCUT2D eigenvalue weighted by atomic mass is 10.0. The van der Waals surface area contributed by atoms with Gasteiger partial charge >= 0.3 is 10.4 Å². The van der Waals surface area contributed by atoms with E-state index in [-0.39, 0.29) is 45.2 Å². The molecule has 0 atom stereocenters. The second-order valence-electron chi connectivity index (χ2n) is 9.61. The molecule has 46 heavy (non-hydrogen) atoms. The summed E-state index contributed by atoms with van der Waals surface area (Å²) >= 11 is 0. The number of benzene rings is 3. The Hall–Kier alpha value is -3.83. The van der Waals surface area contributed by atoms with Crippen molar-refractivity contribution < 1.29 is 51.1 Å². The highest BCUT2D eigenvalue weighted by Crippen LogP contribution is 2.34. The van der Waals surface area contributed by atoms with Crippen LogP contribution >= 0.6 is 0 Å². The second-order valence-corrected chi connectivity index (χ2v) is 16.0. The molecule has 0 unspecified atom stereocenters. The Morgan fingerprint density at radius 1 is 0.870 bits per heavy atom. The number of azo groups is 1. The van der Waals surface area contributed by atoms with Gasteiger partial charge in [-0.2, -0.15) is 25.3 Å². The molecule has 0 radical (unpaired) electrons. The number of aromatic amines is 1. The normalized spacial score (nSPS) is 13.1. The third kappa shape index (κ3) is 8.30. The Morgan fingerprint density at radius 2 is 1.54 bits per heavy atom.